The smallest absolute Gasteiger partial charge is 0.163 e. The monoisotopic (exact) mass is 349 g/mol. The summed E-state index contributed by atoms with van der Waals surface area (Å²) in [6.45, 7) is 2.29. The van der Waals surface area contributed by atoms with Crippen LogP contribution < -0.4 is 0 Å². The van der Waals surface area contributed by atoms with Gasteiger partial charge in [-0.1, -0.05) is 0 Å². The number of likely N-dealkylation sites (tertiary alicyclic amines) is 1. The average molecular weight is 349 g/mol. The Kier molecular flexibility index (Phi) is 4.68. The van der Waals surface area contributed by atoms with Gasteiger partial charge in [-0.25, -0.2) is 0 Å². The van der Waals surface area contributed by atoms with E-state index in [9.17, 15) is 4.79 Å². The molecule has 136 valence electrons. The molecule has 3 aromatic rings. The second-order valence-electron chi connectivity index (χ2n) is 7.62. The first kappa shape index (κ1) is 17.1. The summed E-state index contributed by atoms with van der Waals surface area (Å²) in [5.74, 6) is 0.817. The molecule has 4 rings (SSSR count). The molecule has 1 saturated heterocycles. The van der Waals surface area contributed by atoms with Crippen LogP contribution in [0.1, 0.15) is 46.8 Å². The predicted octanol–water partition coefficient (Wildman–Crippen LogP) is 4.13. The van der Waals surface area contributed by atoms with Crippen LogP contribution in [0.15, 0.2) is 42.7 Å². The van der Waals surface area contributed by atoms with Crippen molar-refractivity contribution in [1.29, 1.82) is 0 Å². The lowest BCUT2D eigenvalue weighted by atomic mass is 9.89. The molecule has 0 aliphatic carbocycles. The maximum absolute atomic E-state index is 12.7. The van der Waals surface area contributed by atoms with Gasteiger partial charge in [0.15, 0.2) is 5.78 Å². The van der Waals surface area contributed by atoms with E-state index < -0.39 is 0 Å². The minimum absolute atomic E-state index is 0.226. The Labute approximate surface area is 154 Å². The molecule has 26 heavy (non-hydrogen) atoms. The molecule has 0 amide bonds. The number of aromatic nitrogens is 2. The predicted molar refractivity (Wildman–Crippen MR) is 106 cm³/mol. The van der Waals surface area contributed by atoms with Gasteiger partial charge in [0.2, 0.25) is 0 Å². The number of fused-ring (bicyclic) bond motifs is 1. The highest BCUT2D eigenvalue weighted by Crippen LogP contribution is 2.33. The number of carbonyl (C=O) groups excluding carboxylic acids is 1. The van der Waals surface area contributed by atoms with Crippen molar-refractivity contribution in [2.45, 2.75) is 31.6 Å². The van der Waals surface area contributed by atoms with Crippen LogP contribution in [0.2, 0.25) is 0 Å². The maximum atomic E-state index is 12.7. The zero-order chi connectivity index (χ0) is 18.1. The lowest BCUT2D eigenvalue weighted by molar-refractivity contribution is 0.0982. The molecular weight excluding hydrogens is 322 g/mol. The highest BCUT2D eigenvalue weighted by molar-refractivity contribution is 6.00. The van der Waals surface area contributed by atoms with E-state index in [4.69, 9.17) is 0 Å². The minimum Gasteiger partial charge on any atom is -0.361 e. The lowest BCUT2D eigenvalue weighted by Gasteiger charge is -2.28. The molecule has 1 N–H and O–H groups in total. The first-order chi connectivity index (χ1) is 12.6. The van der Waals surface area contributed by atoms with Crippen molar-refractivity contribution in [2.75, 3.05) is 20.1 Å². The van der Waals surface area contributed by atoms with Gasteiger partial charge in [-0.2, -0.15) is 0 Å². The Morgan fingerprint density at radius 3 is 2.73 bits per heavy atom. The average Bonchev–Trinajstić information content (AvgIpc) is 3.26. The zero-order valence-corrected chi connectivity index (χ0v) is 15.7. The molecule has 0 bridgehead atoms. The number of hydrogen-bond acceptors (Lipinski definition) is 2. The molecule has 1 aliphatic rings. The summed E-state index contributed by atoms with van der Waals surface area (Å²) in [5, 5.41) is 1.23. The highest BCUT2D eigenvalue weighted by atomic mass is 16.1. The molecule has 4 heteroatoms. The van der Waals surface area contributed by atoms with Gasteiger partial charge < -0.3 is 14.5 Å². The Morgan fingerprint density at radius 2 is 2.00 bits per heavy atom. The molecule has 0 spiro atoms. The number of aryl methyl sites for hydroxylation is 2. The molecule has 1 aromatic carbocycles. The first-order valence-electron chi connectivity index (χ1n) is 9.55. The maximum Gasteiger partial charge on any atom is 0.163 e. The minimum atomic E-state index is 0.226. The second kappa shape index (κ2) is 7.12. The number of piperidine rings is 1. The van der Waals surface area contributed by atoms with E-state index in [1.54, 1.807) is 0 Å². The third-order valence-corrected chi connectivity index (χ3v) is 5.85. The molecular formula is C22H27N3O. The number of aromatic amines is 1. The van der Waals surface area contributed by atoms with E-state index in [0.717, 1.165) is 30.6 Å². The summed E-state index contributed by atoms with van der Waals surface area (Å²) in [7, 11) is 4.22. The summed E-state index contributed by atoms with van der Waals surface area (Å²) in [4.78, 5) is 18.5. The van der Waals surface area contributed by atoms with Crippen molar-refractivity contribution in [3.8, 4) is 0 Å². The molecule has 0 saturated carbocycles. The Balaban J connectivity index is 1.53. The molecule has 4 nitrogen and oxygen atoms in total. The van der Waals surface area contributed by atoms with Crippen LogP contribution >= 0.6 is 0 Å². The Hall–Kier alpha value is -2.33. The number of hydrogen-bond donors (Lipinski definition) is 1. The number of ketones is 1. The summed E-state index contributed by atoms with van der Waals surface area (Å²) in [6.07, 6.45) is 7.90. The molecule has 3 heterocycles. The lowest BCUT2D eigenvalue weighted by Crippen LogP contribution is -2.29. The molecule has 0 unspecified atom stereocenters. The molecule has 1 fully saturated rings. The normalized spacial score (nSPS) is 16.4. The topological polar surface area (TPSA) is 41.0 Å². The van der Waals surface area contributed by atoms with E-state index in [0.29, 0.717) is 12.3 Å². The van der Waals surface area contributed by atoms with Crippen molar-refractivity contribution < 1.29 is 4.79 Å². The van der Waals surface area contributed by atoms with Crippen LogP contribution in [0, 0.1) is 0 Å². The summed E-state index contributed by atoms with van der Waals surface area (Å²) in [6, 6.07) is 10.2. The number of nitrogens with zero attached hydrogens (tertiary/aromatic N) is 2. The third kappa shape index (κ3) is 3.34. The van der Waals surface area contributed by atoms with Crippen LogP contribution in [0.4, 0.5) is 0 Å². The van der Waals surface area contributed by atoms with Crippen LogP contribution in [0.5, 0.6) is 0 Å². The summed E-state index contributed by atoms with van der Waals surface area (Å²) >= 11 is 0. The van der Waals surface area contributed by atoms with Gasteiger partial charge in [0.25, 0.3) is 0 Å². The first-order valence-corrected chi connectivity index (χ1v) is 9.55. The van der Waals surface area contributed by atoms with Gasteiger partial charge in [-0.3, -0.25) is 4.79 Å². The Morgan fingerprint density at radius 1 is 1.19 bits per heavy atom. The van der Waals surface area contributed by atoms with Gasteiger partial charge >= 0.3 is 0 Å². The fourth-order valence-corrected chi connectivity index (χ4v) is 4.12. The van der Waals surface area contributed by atoms with Gasteiger partial charge in [0.1, 0.15) is 0 Å². The number of benzene rings is 1. The standard InChI is InChI=1S/C22H27N3O/c1-24-12-9-16(10-13-24)20-15-23-21-7-5-17(14-19(20)21)22(26)8-6-18-4-3-11-25(18)2/h3-5,7,11,14-16,23H,6,8-10,12-13H2,1-2H3. The SMILES string of the molecule is CN1CCC(c2c[nH]c3ccc(C(=O)CCc4cccn4C)cc23)CC1. The van der Waals surface area contributed by atoms with E-state index in [1.165, 1.54) is 29.5 Å². The number of nitrogens with one attached hydrogen (secondary N) is 1. The molecule has 2 aromatic heterocycles. The van der Waals surface area contributed by atoms with Crippen molar-refractivity contribution in [3.05, 3.63) is 59.5 Å². The summed E-state index contributed by atoms with van der Waals surface area (Å²) in [5.41, 5.74) is 4.55. The van der Waals surface area contributed by atoms with E-state index in [2.05, 4.69) is 45.9 Å². The van der Waals surface area contributed by atoms with Crippen molar-refractivity contribution in [3.63, 3.8) is 0 Å². The number of rotatable bonds is 5. The third-order valence-electron chi connectivity index (χ3n) is 5.85. The Bertz CT molecular complexity index is 913. The fraction of sp³-hybridized carbons (Fsp3) is 0.409. The second-order valence-corrected chi connectivity index (χ2v) is 7.62. The van der Waals surface area contributed by atoms with Crippen LogP contribution in [0.3, 0.4) is 0 Å². The van der Waals surface area contributed by atoms with Gasteiger partial charge in [0, 0.05) is 48.0 Å². The van der Waals surface area contributed by atoms with Crippen molar-refractivity contribution in [1.82, 2.24) is 14.5 Å². The van der Waals surface area contributed by atoms with Crippen molar-refractivity contribution >= 4 is 16.7 Å². The largest absolute Gasteiger partial charge is 0.361 e. The van der Waals surface area contributed by atoms with Gasteiger partial charge in [-0.05, 0) is 81.2 Å². The van der Waals surface area contributed by atoms with Gasteiger partial charge in [-0.15, -0.1) is 0 Å². The number of Topliss-reactive ketones (excluding diaryl/α,β-unsaturated/α-hetero) is 1. The quantitative estimate of drug-likeness (QED) is 0.704. The van der Waals surface area contributed by atoms with Crippen LogP contribution in [-0.4, -0.2) is 40.4 Å². The number of H-pyrrole nitrogens is 1. The zero-order valence-electron chi connectivity index (χ0n) is 15.7. The molecule has 1 aliphatic heterocycles. The highest BCUT2D eigenvalue weighted by Gasteiger charge is 2.21. The molecule has 0 atom stereocenters. The van der Waals surface area contributed by atoms with Crippen LogP contribution in [0.25, 0.3) is 10.9 Å². The fourth-order valence-electron chi connectivity index (χ4n) is 4.12. The number of carbonyl (C=O) groups is 1. The van der Waals surface area contributed by atoms with E-state index in [-0.39, 0.29) is 5.78 Å². The molecule has 0 radical (unpaired) electrons. The van der Waals surface area contributed by atoms with E-state index >= 15 is 0 Å². The van der Waals surface area contributed by atoms with Crippen molar-refractivity contribution in [2.24, 2.45) is 7.05 Å². The van der Waals surface area contributed by atoms with E-state index in [1.807, 2.05) is 25.4 Å². The van der Waals surface area contributed by atoms with Crippen LogP contribution in [-0.2, 0) is 13.5 Å². The summed E-state index contributed by atoms with van der Waals surface area (Å²) < 4.78 is 2.08. The van der Waals surface area contributed by atoms with Gasteiger partial charge in [0.05, 0.1) is 0 Å².